The largest absolute Gasteiger partial charge is 0.507 e. The Balaban J connectivity index is 2.32. The number of phenolic OH excluding ortho intramolecular Hbond substituents is 1. The number of hydrogen-bond acceptors (Lipinski definition) is 2. The topological polar surface area (TPSA) is 49.3 Å². The lowest BCUT2D eigenvalue weighted by Gasteiger charge is -2.10. The predicted molar refractivity (Wildman–Crippen MR) is 56.2 cm³/mol. The molecule has 4 heteroatoms. The van der Waals surface area contributed by atoms with Crippen LogP contribution in [0.15, 0.2) is 22.7 Å². The van der Waals surface area contributed by atoms with Crippen molar-refractivity contribution < 1.29 is 9.90 Å². The van der Waals surface area contributed by atoms with Crippen LogP contribution in [0.25, 0.3) is 0 Å². The van der Waals surface area contributed by atoms with Gasteiger partial charge in [-0.25, -0.2) is 0 Å². The Hall–Kier alpha value is -1.03. The van der Waals surface area contributed by atoms with Crippen molar-refractivity contribution in [2.45, 2.75) is 12.3 Å². The van der Waals surface area contributed by atoms with E-state index < -0.39 is 0 Å². The summed E-state index contributed by atoms with van der Waals surface area (Å²) in [6.45, 7) is 0.654. The third-order valence-corrected chi connectivity index (χ3v) is 3.29. The zero-order valence-electron chi connectivity index (χ0n) is 7.46. The average Bonchev–Trinajstić information content (AvgIpc) is 2.57. The zero-order valence-corrected chi connectivity index (χ0v) is 9.04. The second-order valence-corrected chi connectivity index (χ2v) is 4.18. The van der Waals surface area contributed by atoms with Crippen molar-refractivity contribution in [1.29, 1.82) is 0 Å². The fraction of sp³-hybridized carbons (Fsp3) is 0.300. The fourth-order valence-corrected chi connectivity index (χ4v) is 2.27. The fourth-order valence-electron chi connectivity index (χ4n) is 1.68. The number of halogens is 1. The molecule has 1 amide bonds. The molecule has 2 rings (SSSR count). The van der Waals surface area contributed by atoms with Gasteiger partial charge in [-0.15, -0.1) is 0 Å². The number of carbonyl (C=O) groups excluding carboxylic acids is 1. The van der Waals surface area contributed by atoms with Crippen LogP contribution in [0.4, 0.5) is 0 Å². The monoisotopic (exact) mass is 255 g/mol. The van der Waals surface area contributed by atoms with Crippen LogP contribution in [-0.2, 0) is 4.79 Å². The third-order valence-electron chi connectivity index (χ3n) is 2.43. The summed E-state index contributed by atoms with van der Waals surface area (Å²) < 4.78 is 0.696. The smallest absolute Gasteiger partial charge is 0.220 e. The predicted octanol–water partition coefficient (Wildman–Crippen LogP) is 1.76. The Morgan fingerprint density at radius 3 is 2.93 bits per heavy atom. The van der Waals surface area contributed by atoms with Crippen molar-refractivity contribution in [3.63, 3.8) is 0 Å². The van der Waals surface area contributed by atoms with E-state index in [1.165, 1.54) is 0 Å². The van der Waals surface area contributed by atoms with Gasteiger partial charge in [0.15, 0.2) is 0 Å². The quantitative estimate of drug-likeness (QED) is 0.804. The number of carbonyl (C=O) groups is 1. The van der Waals surface area contributed by atoms with E-state index in [0.717, 1.165) is 5.56 Å². The standard InChI is InChI=1S/C10H10BrNO2/c11-10-7(2-1-3-8(10)13)6-4-9(14)12-5-6/h1-3,6,13H,4-5H2,(H,12,14). The maximum absolute atomic E-state index is 11.0. The number of phenols is 1. The number of benzene rings is 1. The molecule has 1 heterocycles. The van der Waals surface area contributed by atoms with Gasteiger partial charge in [0.25, 0.3) is 0 Å². The molecule has 14 heavy (non-hydrogen) atoms. The van der Waals surface area contributed by atoms with Gasteiger partial charge >= 0.3 is 0 Å². The van der Waals surface area contributed by atoms with Gasteiger partial charge < -0.3 is 10.4 Å². The first-order chi connectivity index (χ1) is 6.68. The molecule has 1 aliphatic rings. The average molecular weight is 256 g/mol. The Morgan fingerprint density at radius 1 is 1.50 bits per heavy atom. The number of nitrogens with one attached hydrogen (secondary N) is 1. The molecule has 3 nitrogen and oxygen atoms in total. The van der Waals surface area contributed by atoms with Gasteiger partial charge in [-0.1, -0.05) is 12.1 Å². The maximum atomic E-state index is 11.0. The molecule has 1 fully saturated rings. The number of hydrogen-bond donors (Lipinski definition) is 2. The minimum atomic E-state index is 0.0743. The van der Waals surface area contributed by atoms with Crippen LogP contribution in [0.1, 0.15) is 17.9 Å². The van der Waals surface area contributed by atoms with E-state index in [9.17, 15) is 9.90 Å². The molecule has 0 saturated carbocycles. The lowest BCUT2D eigenvalue weighted by molar-refractivity contribution is -0.119. The van der Waals surface area contributed by atoms with Gasteiger partial charge in [0.2, 0.25) is 5.91 Å². The molecule has 0 radical (unpaired) electrons. The second kappa shape index (κ2) is 3.61. The van der Waals surface area contributed by atoms with Gasteiger partial charge in [-0.3, -0.25) is 4.79 Å². The molecule has 0 aromatic heterocycles. The first kappa shape index (κ1) is 9.52. The molecule has 1 unspecified atom stereocenters. The summed E-state index contributed by atoms with van der Waals surface area (Å²) in [6, 6.07) is 5.34. The van der Waals surface area contributed by atoms with Gasteiger partial charge in [0.05, 0.1) is 4.47 Å². The van der Waals surface area contributed by atoms with E-state index in [4.69, 9.17) is 0 Å². The SMILES string of the molecule is O=C1CC(c2cccc(O)c2Br)CN1. The third kappa shape index (κ3) is 1.62. The van der Waals surface area contributed by atoms with E-state index in [2.05, 4.69) is 21.2 Å². The van der Waals surface area contributed by atoms with Crippen LogP contribution >= 0.6 is 15.9 Å². The molecule has 2 N–H and O–H groups in total. The highest BCUT2D eigenvalue weighted by molar-refractivity contribution is 9.10. The van der Waals surface area contributed by atoms with Crippen molar-refractivity contribution >= 4 is 21.8 Å². The first-order valence-corrected chi connectivity index (χ1v) is 5.22. The number of rotatable bonds is 1. The van der Waals surface area contributed by atoms with Crippen LogP contribution in [-0.4, -0.2) is 17.6 Å². The Bertz CT molecular complexity index is 378. The van der Waals surface area contributed by atoms with Crippen LogP contribution in [0, 0.1) is 0 Å². The number of aromatic hydroxyl groups is 1. The Morgan fingerprint density at radius 2 is 2.29 bits per heavy atom. The second-order valence-electron chi connectivity index (χ2n) is 3.39. The van der Waals surface area contributed by atoms with E-state index in [1.54, 1.807) is 12.1 Å². The lowest BCUT2D eigenvalue weighted by Crippen LogP contribution is -2.13. The van der Waals surface area contributed by atoms with E-state index >= 15 is 0 Å². The van der Waals surface area contributed by atoms with Crippen molar-refractivity contribution in [3.8, 4) is 5.75 Å². The van der Waals surface area contributed by atoms with E-state index in [-0.39, 0.29) is 17.6 Å². The maximum Gasteiger partial charge on any atom is 0.220 e. The van der Waals surface area contributed by atoms with Crippen molar-refractivity contribution in [2.75, 3.05) is 6.54 Å². The van der Waals surface area contributed by atoms with Gasteiger partial charge in [-0.2, -0.15) is 0 Å². The molecule has 1 aromatic rings. The Kier molecular flexibility index (Phi) is 2.46. The van der Waals surface area contributed by atoms with E-state index in [1.807, 2.05) is 6.07 Å². The van der Waals surface area contributed by atoms with Crippen LogP contribution in [0.3, 0.4) is 0 Å². The lowest BCUT2D eigenvalue weighted by atomic mass is 9.98. The van der Waals surface area contributed by atoms with Crippen LogP contribution < -0.4 is 5.32 Å². The minimum absolute atomic E-state index is 0.0743. The molecule has 1 aromatic carbocycles. The summed E-state index contributed by atoms with van der Waals surface area (Å²) in [7, 11) is 0. The molecular weight excluding hydrogens is 246 g/mol. The van der Waals surface area contributed by atoms with Crippen molar-refractivity contribution in [1.82, 2.24) is 5.32 Å². The molecule has 0 bridgehead atoms. The highest BCUT2D eigenvalue weighted by Gasteiger charge is 2.25. The minimum Gasteiger partial charge on any atom is -0.507 e. The zero-order chi connectivity index (χ0) is 10.1. The molecule has 1 atom stereocenters. The van der Waals surface area contributed by atoms with Crippen LogP contribution in [0.2, 0.25) is 0 Å². The molecule has 1 aliphatic heterocycles. The summed E-state index contributed by atoms with van der Waals surface area (Å²) in [6.07, 6.45) is 0.502. The summed E-state index contributed by atoms with van der Waals surface area (Å²) in [4.78, 5) is 11.0. The Labute approximate surface area is 90.3 Å². The molecule has 0 aliphatic carbocycles. The van der Waals surface area contributed by atoms with Crippen molar-refractivity contribution in [3.05, 3.63) is 28.2 Å². The summed E-state index contributed by atoms with van der Waals surface area (Å²) >= 11 is 3.32. The highest BCUT2D eigenvalue weighted by Crippen LogP contribution is 2.34. The molecule has 0 spiro atoms. The highest BCUT2D eigenvalue weighted by atomic mass is 79.9. The van der Waals surface area contributed by atoms with Crippen molar-refractivity contribution in [2.24, 2.45) is 0 Å². The van der Waals surface area contributed by atoms with Gasteiger partial charge in [-0.05, 0) is 27.6 Å². The van der Waals surface area contributed by atoms with Gasteiger partial charge in [0, 0.05) is 18.9 Å². The number of amides is 1. The summed E-state index contributed by atoms with van der Waals surface area (Å²) in [5.41, 5.74) is 0.989. The summed E-state index contributed by atoms with van der Waals surface area (Å²) in [5.74, 6) is 0.469. The first-order valence-electron chi connectivity index (χ1n) is 4.42. The normalized spacial score (nSPS) is 20.9. The molecule has 1 saturated heterocycles. The molecule has 74 valence electrons. The van der Waals surface area contributed by atoms with Gasteiger partial charge in [0.1, 0.15) is 5.75 Å². The van der Waals surface area contributed by atoms with E-state index in [0.29, 0.717) is 17.4 Å². The summed E-state index contributed by atoms with van der Waals surface area (Å²) in [5, 5.41) is 12.2. The molecular formula is C10H10BrNO2. The van der Waals surface area contributed by atoms with Crippen LogP contribution in [0.5, 0.6) is 5.75 Å².